The van der Waals surface area contributed by atoms with Crippen molar-refractivity contribution in [3.8, 4) is 5.75 Å². The predicted molar refractivity (Wildman–Crippen MR) is 108 cm³/mol. The van der Waals surface area contributed by atoms with Gasteiger partial charge in [0.15, 0.2) is 6.10 Å². The van der Waals surface area contributed by atoms with Gasteiger partial charge in [0.05, 0.1) is 0 Å². The summed E-state index contributed by atoms with van der Waals surface area (Å²) in [4.78, 5) is 12.2. The fraction of sp³-hybridized carbons (Fsp3) is 0.435. The lowest BCUT2D eigenvalue weighted by Crippen LogP contribution is -2.37. The highest BCUT2D eigenvalue weighted by atomic mass is 16.5. The molecule has 3 heteroatoms. The molecule has 0 fully saturated rings. The third kappa shape index (κ3) is 5.91. The first-order valence-corrected chi connectivity index (χ1v) is 9.47. The first kappa shape index (κ1) is 20.0. The van der Waals surface area contributed by atoms with Gasteiger partial charge in [-0.25, -0.2) is 0 Å². The normalized spacial score (nSPS) is 12.1. The summed E-state index contributed by atoms with van der Waals surface area (Å²) in [5.41, 5.74) is 4.91. The van der Waals surface area contributed by atoms with Crippen LogP contribution in [0.1, 0.15) is 55.4 Å². The average molecular weight is 354 g/mol. The second kappa shape index (κ2) is 9.42. The summed E-state index contributed by atoms with van der Waals surface area (Å²) in [7, 11) is 0. The lowest BCUT2D eigenvalue weighted by Gasteiger charge is -2.16. The molecular weight excluding hydrogens is 322 g/mol. The van der Waals surface area contributed by atoms with Crippen molar-refractivity contribution in [1.29, 1.82) is 0 Å². The van der Waals surface area contributed by atoms with E-state index < -0.39 is 6.10 Å². The van der Waals surface area contributed by atoms with Gasteiger partial charge in [-0.15, -0.1) is 0 Å². The van der Waals surface area contributed by atoms with Crippen molar-refractivity contribution in [2.45, 2.75) is 59.5 Å². The molecule has 0 radical (unpaired) electrons. The number of benzene rings is 2. The van der Waals surface area contributed by atoms with E-state index in [1.54, 1.807) is 6.92 Å². The lowest BCUT2D eigenvalue weighted by atomic mass is 10.0. The van der Waals surface area contributed by atoms with Gasteiger partial charge in [-0.2, -0.15) is 0 Å². The number of ether oxygens (including phenoxy) is 1. The van der Waals surface area contributed by atoms with E-state index in [4.69, 9.17) is 4.74 Å². The van der Waals surface area contributed by atoms with Crippen molar-refractivity contribution in [2.24, 2.45) is 0 Å². The second-order valence-corrected chi connectivity index (χ2v) is 7.32. The standard InChI is InChI=1S/C23H31NO2/c1-16(2)21-11-9-20(10-12-21)7-6-14-24-23(25)19(5)26-22-13-8-17(3)15-18(22)4/h8-13,15-16,19H,6-7,14H2,1-5H3,(H,24,25)/t19-/m1/s1. The Morgan fingerprint density at radius 1 is 1.04 bits per heavy atom. The third-order valence-corrected chi connectivity index (χ3v) is 4.59. The number of nitrogens with one attached hydrogen (secondary N) is 1. The molecule has 0 unspecified atom stereocenters. The van der Waals surface area contributed by atoms with Gasteiger partial charge in [0.2, 0.25) is 0 Å². The lowest BCUT2D eigenvalue weighted by molar-refractivity contribution is -0.127. The molecule has 0 bridgehead atoms. The summed E-state index contributed by atoms with van der Waals surface area (Å²) >= 11 is 0. The number of aryl methyl sites for hydroxylation is 3. The van der Waals surface area contributed by atoms with Gasteiger partial charge in [-0.05, 0) is 62.3 Å². The summed E-state index contributed by atoms with van der Waals surface area (Å²) in [5.74, 6) is 1.26. The van der Waals surface area contributed by atoms with E-state index in [0.29, 0.717) is 12.5 Å². The topological polar surface area (TPSA) is 38.3 Å². The molecule has 1 N–H and O–H groups in total. The van der Waals surface area contributed by atoms with Crippen LogP contribution >= 0.6 is 0 Å². The highest BCUT2D eigenvalue weighted by Gasteiger charge is 2.15. The zero-order valence-corrected chi connectivity index (χ0v) is 16.6. The molecule has 2 aromatic rings. The Bertz CT molecular complexity index is 719. The van der Waals surface area contributed by atoms with Gasteiger partial charge in [0.1, 0.15) is 5.75 Å². The van der Waals surface area contributed by atoms with Gasteiger partial charge in [0.25, 0.3) is 5.91 Å². The molecule has 2 aromatic carbocycles. The predicted octanol–water partition coefficient (Wildman–Crippen LogP) is 4.94. The highest BCUT2D eigenvalue weighted by Crippen LogP contribution is 2.20. The number of rotatable bonds is 8. The Balaban J connectivity index is 1.74. The summed E-state index contributed by atoms with van der Waals surface area (Å²) in [6, 6.07) is 14.7. The first-order chi connectivity index (χ1) is 12.4. The van der Waals surface area contributed by atoms with Crippen molar-refractivity contribution < 1.29 is 9.53 Å². The third-order valence-electron chi connectivity index (χ3n) is 4.59. The quantitative estimate of drug-likeness (QED) is 0.682. The van der Waals surface area contributed by atoms with Crippen LogP contribution in [0, 0.1) is 13.8 Å². The summed E-state index contributed by atoms with van der Waals surface area (Å²) in [6.07, 6.45) is 1.38. The summed E-state index contributed by atoms with van der Waals surface area (Å²) in [5, 5.41) is 2.97. The van der Waals surface area contributed by atoms with Crippen molar-refractivity contribution in [3.63, 3.8) is 0 Å². The van der Waals surface area contributed by atoms with E-state index in [2.05, 4.69) is 49.5 Å². The van der Waals surface area contributed by atoms with Crippen LogP contribution in [0.3, 0.4) is 0 Å². The first-order valence-electron chi connectivity index (χ1n) is 9.47. The molecule has 0 spiro atoms. The van der Waals surface area contributed by atoms with E-state index in [0.717, 1.165) is 24.2 Å². The molecule has 2 rings (SSSR count). The van der Waals surface area contributed by atoms with Crippen LogP contribution < -0.4 is 10.1 Å². The molecule has 1 atom stereocenters. The minimum absolute atomic E-state index is 0.0693. The largest absolute Gasteiger partial charge is 0.481 e. The number of hydrogen-bond acceptors (Lipinski definition) is 2. The number of hydrogen-bond donors (Lipinski definition) is 1. The molecule has 0 heterocycles. The minimum Gasteiger partial charge on any atom is -0.481 e. The maximum absolute atomic E-state index is 12.2. The van der Waals surface area contributed by atoms with Crippen molar-refractivity contribution in [2.75, 3.05) is 6.54 Å². The van der Waals surface area contributed by atoms with Gasteiger partial charge in [-0.3, -0.25) is 4.79 Å². The molecule has 26 heavy (non-hydrogen) atoms. The molecule has 0 aliphatic rings. The smallest absolute Gasteiger partial charge is 0.260 e. The van der Waals surface area contributed by atoms with Crippen LogP contribution in [0.4, 0.5) is 0 Å². The van der Waals surface area contributed by atoms with Crippen LogP contribution in [0.2, 0.25) is 0 Å². The second-order valence-electron chi connectivity index (χ2n) is 7.32. The zero-order chi connectivity index (χ0) is 19.1. The van der Waals surface area contributed by atoms with E-state index >= 15 is 0 Å². The van der Waals surface area contributed by atoms with Crippen LogP contribution in [0.5, 0.6) is 5.75 Å². The summed E-state index contributed by atoms with van der Waals surface area (Å²) in [6.45, 7) is 10.9. The van der Waals surface area contributed by atoms with Crippen molar-refractivity contribution in [3.05, 3.63) is 64.7 Å². The number of carbonyl (C=O) groups excluding carboxylic acids is 1. The Kier molecular flexibility index (Phi) is 7.26. The molecule has 1 amide bonds. The molecule has 0 aliphatic carbocycles. The monoisotopic (exact) mass is 353 g/mol. The fourth-order valence-electron chi connectivity index (χ4n) is 2.89. The van der Waals surface area contributed by atoms with E-state index in [9.17, 15) is 4.79 Å². The molecular formula is C23H31NO2. The fourth-order valence-corrected chi connectivity index (χ4v) is 2.89. The van der Waals surface area contributed by atoms with E-state index in [1.165, 1.54) is 16.7 Å². The molecule has 0 saturated heterocycles. The Morgan fingerprint density at radius 2 is 1.73 bits per heavy atom. The van der Waals surface area contributed by atoms with Crippen molar-refractivity contribution in [1.82, 2.24) is 5.32 Å². The van der Waals surface area contributed by atoms with Crippen LogP contribution in [-0.4, -0.2) is 18.6 Å². The maximum atomic E-state index is 12.2. The molecule has 140 valence electrons. The van der Waals surface area contributed by atoms with Gasteiger partial charge >= 0.3 is 0 Å². The average Bonchev–Trinajstić information content (AvgIpc) is 2.61. The van der Waals surface area contributed by atoms with E-state index in [1.807, 2.05) is 26.0 Å². The molecule has 0 aliphatic heterocycles. The molecule has 0 aromatic heterocycles. The Morgan fingerprint density at radius 3 is 2.35 bits per heavy atom. The van der Waals surface area contributed by atoms with Crippen LogP contribution in [0.25, 0.3) is 0 Å². The molecule has 0 saturated carbocycles. The maximum Gasteiger partial charge on any atom is 0.260 e. The van der Waals surface area contributed by atoms with E-state index in [-0.39, 0.29) is 5.91 Å². The van der Waals surface area contributed by atoms with Crippen LogP contribution in [0.15, 0.2) is 42.5 Å². The van der Waals surface area contributed by atoms with Gasteiger partial charge < -0.3 is 10.1 Å². The van der Waals surface area contributed by atoms with Gasteiger partial charge in [-0.1, -0.05) is 55.8 Å². The number of carbonyl (C=O) groups is 1. The minimum atomic E-state index is -0.498. The summed E-state index contributed by atoms with van der Waals surface area (Å²) < 4.78 is 5.80. The Labute approximate surface area is 157 Å². The zero-order valence-electron chi connectivity index (χ0n) is 16.6. The van der Waals surface area contributed by atoms with Crippen molar-refractivity contribution >= 4 is 5.91 Å². The highest BCUT2D eigenvalue weighted by molar-refractivity contribution is 5.80. The molecule has 3 nitrogen and oxygen atoms in total. The Hall–Kier alpha value is -2.29. The number of amides is 1. The van der Waals surface area contributed by atoms with Gasteiger partial charge in [0, 0.05) is 6.54 Å². The SMILES string of the molecule is Cc1ccc(O[C@H](C)C(=O)NCCCc2ccc(C(C)C)cc2)c(C)c1. The van der Waals surface area contributed by atoms with Crippen LogP contribution in [-0.2, 0) is 11.2 Å².